The fraction of sp³-hybridized carbons (Fsp3) is 0.375. The van der Waals surface area contributed by atoms with E-state index in [4.69, 9.17) is 0 Å². The molecule has 7 nitrogen and oxygen atoms in total. The third kappa shape index (κ3) is 2.69. The molecule has 0 spiro atoms. The Bertz CT molecular complexity index is 835. The van der Waals surface area contributed by atoms with Crippen molar-refractivity contribution in [3.05, 3.63) is 42.0 Å². The molecule has 23 heavy (non-hydrogen) atoms. The summed E-state index contributed by atoms with van der Waals surface area (Å²) in [4.78, 5) is 16.6. The van der Waals surface area contributed by atoms with Gasteiger partial charge in [-0.3, -0.25) is 14.5 Å². The van der Waals surface area contributed by atoms with Gasteiger partial charge in [0.05, 0.1) is 17.9 Å². The van der Waals surface area contributed by atoms with E-state index in [0.29, 0.717) is 0 Å². The third-order valence-electron chi connectivity index (χ3n) is 4.08. The van der Waals surface area contributed by atoms with E-state index in [1.165, 1.54) is 0 Å². The summed E-state index contributed by atoms with van der Waals surface area (Å²) >= 11 is 0. The van der Waals surface area contributed by atoms with Gasteiger partial charge in [0.1, 0.15) is 17.1 Å². The van der Waals surface area contributed by atoms with Gasteiger partial charge < -0.3 is 5.32 Å². The Morgan fingerprint density at radius 1 is 1.26 bits per heavy atom. The maximum Gasteiger partial charge on any atom is 0.245 e. The Morgan fingerprint density at radius 3 is 2.65 bits per heavy atom. The molecule has 0 fully saturated rings. The quantitative estimate of drug-likeness (QED) is 0.798. The van der Waals surface area contributed by atoms with Crippen LogP contribution in [0.15, 0.2) is 30.7 Å². The lowest BCUT2D eigenvalue weighted by Gasteiger charge is -2.18. The van der Waals surface area contributed by atoms with Crippen LogP contribution < -0.4 is 5.32 Å². The molecule has 7 heteroatoms. The lowest BCUT2D eigenvalue weighted by atomic mass is 10.1. The van der Waals surface area contributed by atoms with Crippen LogP contribution in [0.1, 0.15) is 37.2 Å². The molecule has 2 atom stereocenters. The Balaban J connectivity index is 1.82. The van der Waals surface area contributed by atoms with Gasteiger partial charge >= 0.3 is 0 Å². The van der Waals surface area contributed by atoms with Crippen LogP contribution >= 0.6 is 0 Å². The van der Waals surface area contributed by atoms with Gasteiger partial charge in [-0.15, -0.1) is 0 Å². The van der Waals surface area contributed by atoms with E-state index in [9.17, 15) is 4.79 Å². The summed E-state index contributed by atoms with van der Waals surface area (Å²) in [5.41, 5.74) is 3.70. The molecule has 1 amide bonds. The van der Waals surface area contributed by atoms with Crippen LogP contribution in [0.5, 0.6) is 0 Å². The van der Waals surface area contributed by atoms with Crippen LogP contribution in [0, 0.1) is 6.92 Å². The SMILES string of the molecule is Cc1nn(C)c2cnn(C(C)C(=O)NC(C)c3ccncc3)c12. The number of fused-ring (bicyclic) bond motifs is 1. The lowest BCUT2D eigenvalue weighted by molar-refractivity contribution is -0.124. The Kier molecular flexibility index (Phi) is 3.85. The fourth-order valence-corrected chi connectivity index (χ4v) is 2.74. The number of pyridine rings is 1. The first kappa shape index (κ1) is 15.2. The molecule has 3 aromatic heterocycles. The highest BCUT2D eigenvalue weighted by atomic mass is 16.2. The van der Waals surface area contributed by atoms with Crippen molar-refractivity contribution in [1.82, 2.24) is 29.9 Å². The second-order valence-corrected chi connectivity index (χ2v) is 5.72. The van der Waals surface area contributed by atoms with Gasteiger partial charge in [-0.2, -0.15) is 10.2 Å². The van der Waals surface area contributed by atoms with Crippen molar-refractivity contribution in [3.8, 4) is 0 Å². The van der Waals surface area contributed by atoms with Crippen molar-refractivity contribution < 1.29 is 4.79 Å². The number of carbonyl (C=O) groups excluding carboxylic acids is 1. The molecule has 0 saturated heterocycles. The number of nitrogens with zero attached hydrogens (tertiary/aromatic N) is 5. The van der Waals surface area contributed by atoms with Gasteiger partial charge in [0.2, 0.25) is 5.91 Å². The predicted molar refractivity (Wildman–Crippen MR) is 86.7 cm³/mol. The highest BCUT2D eigenvalue weighted by Gasteiger charge is 2.22. The van der Waals surface area contributed by atoms with Crippen molar-refractivity contribution in [3.63, 3.8) is 0 Å². The number of hydrogen-bond acceptors (Lipinski definition) is 4. The molecule has 3 rings (SSSR count). The Hall–Kier alpha value is -2.70. The van der Waals surface area contributed by atoms with Crippen molar-refractivity contribution >= 4 is 16.9 Å². The third-order valence-corrected chi connectivity index (χ3v) is 4.08. The van der Waals surface area contributed by atoms with E-state index in [1.54, 1.807) is 28.0 Å². The number of nitrogens with one attached hydrogen (secondary N) is 1. The zero-order valence-electron chi connectivity index (χ0n) is 13.7. The molecule has 0 aliphatic rings. The number of rotatable bonds is 4. The summed E-state index contributed by atoms with van der Waals surface area (Å²) in [6.07, 6.45) is 5.18. The van der Waals surface area contributed by atoms with Gasteiger partial charge in [-0.1, -0.05) is 0 Å². The van der Waals surface area contributed by atoms with Gasteiger partial charge in [0.25, 0.3) is 0 Å². The van der Waals surface area contributed by atoms with Crippen LogP contribution in [-0.2, 0) is 11.8 Å². The van der Waals surface area contributed by atoms with Gasteiger partial charge in [0.15, 0.2) is 0 Å². The topological polar surface area (TPSA) is 77.6 Å². The van der Waals surface area contributed by atoms with E-state index in [0.717, 1.165) is 22.3 Å². The number of carbonyl (C=O) groups is 1. The number of hydrogen-bond donors (Lipinski definition) is 1. The lowest BCUT2D eigenvalue weighted by Crippen LogP contribution is -2.33. The van der Waals surface area contributed by atoms with Gasteiger partial charge in [0, 0.05) is 19.4 Å². The summed E-state index contributed by atoms with van der Waals surface area (Å²) in [6, 6.07) is 3.29. The molecular weight excluding hydrogens is 292 g/mol. The van der Waals surface area contributed by atoms with E-state index in [2.05, 4.69) is 20.5 Å². The molecular formula is C16H20N6O. The summed E-state index contributed by atoms with van der Waals surface area (Å²) in [7, 11) is 1.87. The second kappa shape index (κ2) is 5.83. The number of aryl methyl sites for hydroxylation is 2. The van der Waals surface area contributed by atoms with Crippen molar-refractivity contribution in [2.45, 2.75) is 32.9 Å². The minimum atomic E-state index is -0.417. The first-order chi connectivity index (χ1) is 11.0. The van der Waals surface area contributed by atoms with E-state index in [1.807, 2.05) is 40.0 Å². The monoisotopic (exact) mass is 312 g/mol. The maximum absolute atomic E-state index is 12.6. The molecule has 0 radical (unpaired) electrons. The Labute approximate surface area is 134 Å². The van der Waals surface area contributed by atoms with Crippen molar-refractivity contribution in [2.75, 3.05) is 0 Å². The van der Waals surface area contributed by atoms with Crippen molar-refractivity contribution in [1.29, 1.82) is 0 Å². The standard InChI is InChI=1S/C16H20N6O/c1-10(13-5-7-17-8-6-13)19-16(23)12(3)22-15-11(2)20-21(4)14(15)9-18-22/h5-10,12H,1-4H3,(H,19,23). The largest absolute Gasteiger partial charge is 0.348 e. The van der Waals surface area contributed by atoms with E-state index >= 15 is 0 Å². The second-order valence-electron chi connectivity index (χ2n) is 5.72. The van der Waals surface area contributed by atoms with Crippen LogP contribution in [0.25, 0.3) is 11.0 Å². The van der Waals surface area contributed by atoms with E-state index < -0.39 is 6.04 Å². The molecule has 120 valence electrons. The number of aromatic nitrogens is 5. The van der Waals surface area contributed by atoms with E-state index in [-0.39, 0.29) is 11.9 Å². The molecule has 0 saturated carbocycles. The molecule has 0 aliphatic heterocycles. The normalized spacial score (nSPS) is 13.9. The molecule has 0 bridgehead atoms. The van der Waals surface area contributed by atoms with Gasteiger partial charge in [-0.25, -0.2) is 4.68 Å². The van der Waals surface area contributed by atoms with Crippen molar-refractivity contribution in [2.24, 2.45) is 7.05 Å². The number of amides is 1. The summed E-state index contributed by atoms with van der Waals surface area (Å²) in [5.74, 6) is -0.0810. The fourth-order valence-electron chi connectivity index (χ4n) is 2.74. The summed E-state index contributed by atoms with van der Waals surface area (Å²) in [6.45, 7) is 5.71. The zero-order chi connectivity index (χ0) is 16.6. The highest BCUT2D eigenvalue weighted by molar-refractivity contribution is 5.84. The first-order valence-electron chi connectivity index (χ1n) is 7.56. The minimum absolute atomic E-state index is 0.0810. The average molecular weight is 312 g/mol. The maximum atomic E-state index is 12.6. The molecule has 3 aromatic rings. The van der Waals surface area contributed by atoms with Gasteiger partial charge in [-0.05, 0) is 38.5 Å². The molecule has 0 aliphatic carbocycles. The van der Waals surface area contributed by atoms with Crippen LogP contribution in [0.3, 0.4) is 0 Å². The smallest absolute Gasteiger partial charge is 0.245 e. The highest BCUT2D eigenvalue weighted by Crippen LogP contribution is 2.21. The molecule has 3 heterocycles. The van der Waals surface area contributed by atoms with Crippen LogP contribution in [-0.4, -0.2) is 30.5 Å². The van der Waals surface area contributed by atoms with Crippen LogP contribution in [0.4, 0.5) is 0 Å². The summed E-state index contributed by atoms with van der Waals surface area (Å²) < 4.78 is 3.50. The predicted octanol–water partition coefficient (Wildman–Crippen LogP) is 1.91. The molecule has 0 aromatic carbocycles. The Morgan fingerprint density at radius 2 is 1.96 bits per heavy atom. The zero-order valence-corrected chi connectivity index (χ0v) is 13.7. The molecule has 1 N–H and O–H groups in total. The first-order valence-corrected chi connectivity index (χ1v) is 7.56. The molecule has 2 unspecified atom stereocenters. The minimum Gasteiger partial charge on any atom is -0.348 e. The average Bonchev–Trinajstić information content (AvgIpc) is 3.10. The summed E-state index contributed by atoms with van der Waals surface area (Å²) in [5, 5.41) is 11.8. The van der Waals surface area contributed by atoms with Crippen LogP contribution in [0.2, 0.25) is 0 Å².